The number of aliphatic hydroxyl groups excluding tert-OH is 1. The molecule has 1 saturated heterocycles. The maximum atomic E-state index is 12.9. The number of carbonyl (C=O) groups is 2. The average Bonchev–Trinajstić information content (AvgIpc) is 3.00. The van der Waals surface area contributed by atoms with Gasteiger partial charge in [-0.2, -0.15) is 0 Å². The lowest BCUT2D eigenvalue weighted by atomic mass is 9.95. The van der Waals surface area contributed by atoms with Crippen molar-refractivity contribution in [3.8, 4) is 0 Å². The van der Waals surface area contributed by atoms with Crippen LogP contribution in [0.15, 0.2) is 90.5 Å². The average molecular weight is 390 g/mol. The van der Waals surface area contributed by atoms with E-state index in [0.717, 1.165) is 5.56 Å². The second-order valence-electron chi connectivity index (χ2n) is 6.43. The first-order chi connectivity index (χ1) is 13.6. The highest BCUT2D eigenvalue weighted by Crippen LogP contribution is 2.42. The number of amides is 1. The van der Waals surface area contributed by atoms with Gasteiger partial charge in [-0.3, -0.25) is 14.5 Å². The Labute approximate surface area is 167 Å². The quantitative estimate of drug-likeness (QED) is 0.391. The maximum absolute atomic E-state index is 12.9. The molecule has 4 rings (SSSR count). The van der Waals surface area contributed by atoms with Crippen molar-refractivity contribution in [1.82, 2.24) is 0 Å². The van der Waals surface area contributed by atoms with Gasteiger partial charge < -0.3 is 5.11 Å². The Morgan fingerprint density at radius 1 is 0.857 bits per heavy atom. The fraction of sp³-hybridized carbons (Fsp3) is 0.0435. The highest BCUT2D eigenvalue weighted by molar-refractivity contribution is 6.51. The lowest BCUT2D eigenvalue weighted by Gasteiger charge is -2.25. The van der Waals surface area contributed by atoms with E-state index < -0.39 is 17.7 Å². The molecular formula is C23H16ClNO3. The summed E-state index contributed by atoms with van der Waals surface area (Å²) in [6.07, 6.45) is 0. The van der Waals surface area contributed by atoms with Crippen molar-refractivity contribution in [1.29, 1.82) is 0 Å². The van der Waals surface area contributed by atoms with Crippen molar-refractivity contribution in [2.24, 2.45) is 0 Å². The zero-order chi connectivity index (χ0) is 19.7. The van der Waals surface area contributed by atoms with Gasteiger partial charge in [-0.25, -0.2) is 0 Å². The Hall–Kier alpha value is -3.37. The summed E-state index contributed by atoms with van der Waals surface area (Å²) in [4.78, 5) is 27.3. The van der Waals surface area contributed by atoms with Gasteiger partial charge in [0, 0.05) is 16.3 Å². The van der Waals surface area contributed by atoms with Crippen LogP contribution in [0.25, 0.3) is 5.76 Å². The number of carbonyl (C=O) groups excluding carboxylic acids is 2. The highest BCUT2D eigenvalue weighted by atomic mass is 35.5. The van der Waals surface area contributed by atoms with Gasteiger partial charge in [-0.1, -0.05) is 78.3 Å². The molecule has 0 radical (unpaired) electrons. The van der Waals surface area contributed by atoms with Crippen LogP contribution in [-0.2, 0) is 9.59 Å². The Kier molecular flexibility index (Phi) is 4.72. The zero-order valence-electron chi connectivity index (χ0n) is 14.7. The van der Waals surface area contributed by atoms with Crippen LogP contribution < -0.4 is 4.90 Å². The van der Waals surface area contributed by atoms with Crippen molar-refractivity contribution in [2.75, 3.05) is 4.90 Å². The third-order valence-corrected chi connectivity index (χ3v) is 4.93. The number of Topliss-reactive ketones (excluding diaryl/α,β-unsaturated/α-hetero) is 1. The summed E-state index contributed by atoms with van der Waals surface area (Å²) in [6.45, 7) is 0. The number of anilines is 1. The summed E-state index contributed by atoms with van der Waals surface area (Å²) in [5.74, 6) is -1.62. The van der Waals surface area contributed by atoms with Crippen LogP contribution in [0.5, 0.6) is 0 Å². The molecule has 5 heteroatoms. The molecule has 138 valence electrons. The van der Waals surface area contributed by atoms with Crippen molar-refractivity contribution in [2.45, 2.75) is 6.04 Å². The number of ketones is 1. The Balaban J connectivity index is 1.95. The number of hydrogen-bond donors (Lipinski definition) is 1. The minimum absolute atomic E-state index is 0.0578. The molecular weight excluding hydrogens is 374 g/mol. The third-order valence-electron chi connectivity index (χ3n) is 4.69. The minimum Gasteiger partial charge on any atom is -0.507 e. The molecule has 0 bridgehead atoms. The van der Waals surface area contributed by atoms with E-state index in [1.54, 1.807) is 48.5 Å². The molecule has 1 atom stereocenters. The van der Waals surface area contributed by atoms with Crippen LogP contribution in [0.4, 0.5) is 5.69 Å². The van der Waals surface area contributed by atoms with E-state index in [4.69, 9.17) is 11.6 Å². The van der Waals surface area contributed by atoms with E-state index in [0.29, 0.717) is 16.3 Å². The molecule has 28 heavy (non-hydrogen) atoms. The monoisotopic (exact) mass is 389 g/mol. The van der Waals surface area contributed by atoms with Gasteiger partial charge in [0.1, 0.15) is 5.76 Å². The lowest BCUT2D eigenvalue weighted by molar-refractivity contribution is -0.132. The summed E-state index contributed by atoms with van der Waals surface area (Å²) in [5, 5.41) is 11.4. The van der Waals surface area contributed by atoms with Crippen LogP contribution >= 0.6 is 11.6 Å². The van der Waals surface area contributed by atoms with Crippen LogP contribution in [-0.4, -0.2) is 16.8 Å². The summed E-state index contributed by atoms with van der Waals surface area (Å²) in [5.41, 5.74) is 1.75. The first-order valence-electron chi connectivity index (χ1n) is 8.75. The Bertz CT molecular complexity index is 1080. The number of rotatable bonds is 3. The number of nitrogens with zero attached hydrogens (tertiary/aromatic N) is 1. The van der Waals surface area contributed by atoms with E-state index in [-0.39, 0.29) is 11.3 Å². The summed E-state index contributed by atoms with van der Waals surface area (Å²) < 4.78 is 0. The second-order valence-corrected chi connectivity index (χ2v) is 6.86. The first kappa shape index (κ1) is 18.0. The van der Waals surface area contributed by atoms with Crippen LogP contribution in [0.2, 0.25) is 5.02 Å². The van der Waals surface area contributed by atoms with Gasteiger partial charge in [-0.05, 0) is 23.8 Å². The summed E-state index contributed by atoms with van der Waals surface area (Å²) in [7, 11) is 0. The second kappa shape index (κ2) is 7.33. The Morgan fingerprint density at radius 2 is 1.50 bits per heavy atom. The topological polar surface area (TPSA) is 57.6 Å². The van der Waals surface area contributed by atoms with Gasteiger partial charge in [0.25, 0.3) is 11.7 Å². The van der Waals surface area contributed by atoms with Crippen molar-refractivity contribution in [3.63, 3.8) is 0 Å². The largest absolute Gasteiger partial charge is 0.507 e. The molecule has 1 amide bonds. The van der Waals surface area contributed by atoms with Crippen LogP contribution in [0.3, 0.4) is 0 Å². The number of halogens is 1. The SMILES string of the molecule is O=C1C(=O)N(c2cccc(Cl)c2)[C@@H](c2ccccc2)/C1=C(\O)c1ccccc1. The zero-order valence-corrected chi connectivity index (χ0v) is 15.5. The van der Waals surface area contributed by atoms with Gasteiger partial charge in [0.15, 0.2) is 0 Å². The van der Waals surface area contributed by atoms with Gasteiger partial charge in [0.2, 0.25) is 0 Å². The molecule has 0 spiro atoms. The van der Waals surface area contributed by atoms with Crippen molar-refractivity contribution in [3.05, 3.63) is 107 Å². The summed E-state index contributed by atoms with van der Waals surface area (Å²) >= 11 is 6.11. The molecule has 0 aromatic heterocycles. The highest BCUT2D eigenvalue weighted by Gasteiger charge is 2.46. The smallest absolute Gasteiger partial charge is 0.300 e. The lowest BCUT2D eigenvalue weighted by Crippen LogP contribution is -2.29. The molecule has 0 aliphatic carbocycles. The van der Waals surface area contributed by atoms with Crippen molar-refractivity contribution < 1.29 is 14.7 Å². The van der Waals surface area contributed by atoms with Crippen LogP contribution in [0.1, 0.15) is 17.2 Å². The molecule has 3 aromatic rings. The summed E-state index contributed by atoms with van der Waals surface area (Å²) in [6, 6.07) is 23.9. The molecule has 1 heterocycles. The molecule has 0 unspecified atom stereocenters. The van der Waals surface area contributed by atoms with Gasteiger partial charge in [0.05, 0.1) is 11.6 Å². The Morgan fingerprint density at radius 3 is 2.14 bits per heavy atom. The number of hydrogen-bond acceptors (Lipinski definition) is 3. The molecule has 4 nitrogen and oxygen atoms in total. The molecule has 1 N–H and O–H groups in total. The number of benzene rings is 3. The molecule has 1 fully saturated rings. The van der Waals surface area contributed by atoms with Crippen LogP contribution in [0, 0.1) is 0 Å². The normalized spacial score (nSPS) is 18.5. The van der Waals surface area contributed by atoms with E-state index in [2.05, 4.69) is 0 Å². The third kappa shape index (κ3) is 3.08. The predicted molar refractivity (Wildman–Crippen MR) is 109 cm³/mol. The van der Waals surface area contributed by atoms with Gasteiger partial charge >= 0.3 is 0 Å². The maximum Gasteiger partial charge on any atom is 0.300 e. The fourth-order valence-electron chi connectivity index (χ4n) is 3.43. The standard InChI is InChI=1S/C23H16ClNO3/c24-17-12-7-13-18(14-17)25-20(15-8-3-1-4-9-15)19(22(27)23(25)28)21(26)16-10-5-2-6-11-16/h1-14,20,26H/b21-19+/t20-/m0/s1. The first-order valence-corrected chi connectivity index (χ1v) is 9.12. The van der Waals surface area contributed by atoms with E-state index in [1.165, 1.54) is 4.90 Å². The number of aliphatic hydroxyl groups is 1. The van der Waals surface area contributed by atoms with Crippen molar-refractivity contribution >= 4 is 34.7 Å². The minimum atomic E-state index is -0.750. The molecule has 1 aliphatic heterocycles. The molecule has 0 saturated carbocycles. The van der Waals surface area contributed by atoms with E-state index in [9.17, 15) is 14.7 Å². The predicted octanol–water partition coefficient (Wildman–Crippen LogP) is 4.97. The molecule has 3 aromatic carbocycles. The van der Waals surface area contributed by atoms with E-state index >= 15 is 0 Å². The van der Waals surface area contributed by atoms with E-state index in [1.807, 2.05) is 36.4 Å². The molecule has 1 aliphatic rings. The van der Waals surface area contributed by atoms with Gasteiger partial charge in [-0.15, -0.1) is 0 Å². The fourth-order valence-corrected chi connectivity index (χ4v) is 3.61.